The maximum atomic E-state index is 11.7. The predicted molar refractivity (Wildman–Crippen MR) is 59.7 cm³/mol. The zero-order valence-corrected chi connectivity index (χ0v) is 10.9. The highest BCUT2D eigenvalue weighted by Gasteiger charge is 2.24. The molecule has 0 aliphatic rings. The number of hydrogen-bond acceptors (Lipinski definition) is 6. The van der Waals surface area contributed by atoms with Gasteiger partial charge in [0.05, 0.1) is 20.6 Å². The number of carbonyl (C=O) groups is 2. The first-order chi connectivity index (χ1) is 7.87. The largest absolute Gasteiger partial charge is 0.469 e. The van der Waals surface area contributed by atoms with Gasteiger partial charge in [0.15, 0.2) is 5.75 Å². The molecule has 8 heteroatoms. The molecule has 0 bridgehead atoms. The first kappa shape index (κ1) is 15.9. The van der Waals surface area contributed by atoms with Gasteiger partial charge in [-0.2, -0.15) is 0 Å². The number of carbonyl (C=O) groups excluding carboxylic acids is 2. The van der Waals surface area contributed by atoms with Crippen molar-refractivity contribution >= 4 is 22.0 Å². The fourth-order valence-corrected chi connectivity index (χ4v) is 2.47. The van der Waals surface area contributed by atoms with Crippen LogP contribution in [0, 0.1) is 0 Å². The lowest BCUT2D eigenvalue weighted by molar-refractivity contribution is -0.140. The van der Waals surface area contributed by atoms with Crippen LogP contribution in [0.3, 0.4) is 0 Å². The monoisotopic (exact) mass is 267 g/mol. The van der Waals surface area contributed by atoms with Crippen LogP contribution in [0.1, 0.15) is 13.3 Å². The maximum absolute atomic E-state index is 11.7. The summed E-state index contributed by atoms with van der Waals surface area (Å²) in [5.41, 5.74) is 0. The SMILES string of the molecule is CCN(CCC(=O)OC)S(=O)(=O)CC(=O)OC. The molecule has 0 saturated carbocycles. The third kappa shape index (κ3) is 5.64. The number of sulfonamides is 1. The lowest BCUT2D eigenvalue weighted by atomic mass is 10.4. The molecule has 0 saturated heterocycles. The topological polar surface area (TPSA) is 90.0 Å². The van der Waals surface area contributed by atoms with Crippen molar-refractivity contribution in [3.05, 3.63) is 0 Å². The van der Waals surface area contributed by atoms with Crippen LogP contribution in [0.2, 0.25) is 0 Å². The molecule has 0 spiro atoms. The number of rotatable bonds is 7. The molecule has 0 heterocycles. The average Bonchev–Trinajstić information content (AvgIpc) is 2.28. The predicted octanol–water partition coefficient (Wildman–Crippen LogP) is -0.626. The number of ether oxygens (including phenoxy) is 2. The summed E-state index contributed by atoms with van der Waals surface area (Å²) in [5, 5.41) is 0. The molecule has 17 heavy (non-hydrogen) atoms. The third-order valence-electron chi connectivity index (χ3n) is 2.07. The molecule has 0 aromatic carbocycles. The van der Waals surface area contributed by atoms with Gasteiger partial charge >= 0.3 is 11.9 Å². The molecular weight excluding hydrogens is 250 g/mol. The molecule has 0 aliphatic heterocycles. The van der Waals surface area contributed by atoms with Crippen molar-refractivity contribution in [2.75, 3.05) is 33.1 Å². The fraction of sp³-hybridized carbons (Fsp3) is 0.778. The first-order valence-corrected chi connectivity index (χ1v) is 6.59. The summed E-state index contributed by atoms with van der Waals surface area (Å²) in [5.74, 6) is -2.06. The Kier molecular flexibility index (Phi) is 6.74. The molecule has 7 nitrogen and oxygen atoms in total. The Labute approximate surface area is 101 Å². The number of nitrogens with zero attached hydrogens (tertiary/aromatic N) is 1. The van der Waals surface area contributed by atoms with Crippen LogP contribution in [-0.4, -0.2) is 57.7 Å². The highest BCUT2D eigenvalue weighted by molar-refractivity contribution is 7.89. The molecule has 0 aliphatic carbocycles. The third-order valence-corrected chi connectivity index (χ3v) is 3.90. The molecular formula is C9H17NO6S. The molecule has 0 aromatic heterocycles. The molecule has 0 radical (unpaired) electrons. The zero-order valence-electron chi connectivity index (χ0n) is 10.1. The summed E-state index contributed by atoms with van der Waals surface area (Å²) in [6.45, 7) is 1.78. The van der Waals surface area contributed by atoms with Gasteiger partial charge in [0.25, 0.3) is 0 Å². The molecule has 0 aromatic rings. The van der Waals surface area contributed by atoms with Gasteiger partial charge in [0.1, 0.15) is 0 Å². The van der Waals surface area contributed by atoms with Crippen molar-refractivity contribution in [2.45, 2.75) is 13.3 Å². The van der Waals surface area contributed by atoms with Gasteiger partial charge < -0.3 is 9.47 Å². The van der Waals surface area contributed by atoms with Crippen LogP contribution in [0.25, 0.3) is 0 Å². The molecule has 0 atom stereocenters. The van der Waals surface area contributed by atoms with Crippen molar-refractivity contribution in [1.29, 1.82) is 0 Å². The quantitative estimate of drug-likeness (QED) is 0.571. The molecule has 0 N–H and O–H groups in total. The van der Waals surface area contributed by atoms with Gasteiger partial charge in [0.2, 0.25) is 10.0 Å². The standard InChI is InChI=1S/C9H17NO6S/c1-4-10(6-5-8(11)15-2)17(13,14)7-9(12)16-3/h4-7H2,1-3H3. The van der Waals surface area contributed by atoms with Crippen LogP contribution in [0.5, 0.6) is 0 Å². The van der Waals surface area contributed by atoms with Gasteiger partial charge in [-0.05, 0) is 0 Å². The van der Waals surface area contributed by atoms with E-state index in [4.69, 9.17) is 0 Å². The van der Waals surface area contributed by atoms with Crippen molar-refractivity contribution in [3.8, 4) is 0 Å². The summed E-state index contributed by atoms with van der Waals surface area (Å²) in [7, 11) is -1.40. The minimum atomic E-state index is -3.74. The Bertz CT molecular complexity index is 364. The number of hydrogen-bond donors (Lipinski definition) is 0. The lowest BCUT2D eigenvalue weighted by Gasteiger charge is -2.18. The summed E-state index contributed by atoms with van der Waals surface area (Å²) >= 11 is 0. The minimum absolute atomic E-state index is 0.0114. The lowest BCUT2D eigenvalue weighted by Crippen LogP contribution is -2.37. The first-order valence-electron chi connectivity index (χ1n) is 4.98. The molecule has 0 amide bonds. The Morgan fingerprint density at radius 2 is 1.65 bits per heavy atom. The number of esters is 2. The normalized spacial score (nSPS) is 11.3. The van der Waals surface area contributed by atoms with Crippen molar-refractivity contribution in [3.63, 3.8) is 0 Å². The van der Waals surface area contributed by atoms with E-state index in [2.05, 4.69) is 9.47 Å². The van der Waals surface area contributed by atoms with E-state index in [1.807, 2.05) is 0 Å². The Hall–Kier alpha value is -1.15. The smallest absolute Gasteiger partial charge is 0.322 e. The van der Waals surface area contributed by atoms with Crippen LogP contribution in [0.15, 0.2) is 0 Å². The van der Waals surface area contributed by atoms with E-state index >= 15 is 0 Å². The highest BCUT2D eigenvalue weighted by atomic mass is 32.2. The van der Waals surface area contributed by atoms with Gasteiger partial charge in [-0.15, -0.1) is 0 Å². The molecule has 0 unspecified atom stereocenters. The Morgan fingerprint density at radius 1 is 1.12 bits per heavy atom. The molecule has 0 fully saturated rings. The minimum Gasteiger partial charge on any atom is -0.469 e. The molecule has 0 rings (SSSR count). The highest BCUT2D eigenvalue weighted by Crippen LogP contribution is 2.04. The molecule has 100 valence electrons. The van der Waals surface area contributed by atoms with Gasteiger partial charge in [-0.3, -0.25) is 9.59 Å². The van der Waals surface area contributed by atoms with Crippen molar-refractivity contribution in [1.82, 2.24) is 4.31 Å². The van der Waals surface area contributed by atoms with Gasteiger partial charge in [-0.25, -0.2) is 12.7 Å². The van der Waals surface area contributed by atoms with E-state index < -0.39 is 27.7 Å². The van der Waals surface area contributed by atoms with E-state index in [1.54, 1.807) is 6.92 Å². The fourth-order valence-electron chi connectivity index (χ4n) is 1.11. The second kappa shape index (κ2) is 7.23. The summed E-state index contributed by atoms with van der Waals surface area (Å²) in [6, 6.07) is 0. The van der Waals surface area contributed by atoms with Crippen LogP contribution < -0.4 is 0 Å². The second-order valence-electron chi connectivity index (χ2n) is 3.15. The van der Waals surface area contributed by atoms with Crippen molar-refractivity contribution in [2.24, 2.45) is 0 Å². The van der Waals surface area contributed by atoms with Crippen LogP contribution >= 0.6 is 0 Å². The summed E-state index contributed by atoms with van der Waals surface area (Å²) in [4.78, 5) is 21.8. The Morgan fingerprint density at radius 3 is 2.06 bits per heavy atom. The van der Waals surface area contributed by atoms with E-state index in [0.717, 1.165) is 11.4 Å². The van der Waals surface area contributed by atoms with E-state index in [9.17, 15) is 18.0 Å². The van der Waals surface area contributed by atoms with E-state index in [-0.39, 0.29) is 19.5 Å². The average molecular weight is 267 g/mol. The second-order valence-corrected chi connectivity index (χ2v) is 5.12. The summed E-state index contributed by atoms with van der Waals surface area (Å²) < 4.78 is 33.2. The van der Waals surface area contributed by atoms with Crippen LogP contribution in [0.4, 0.5) is 0 Å². The van der Waals surface area contributed by atoms with Gasteiger partial charge in [0, 0.05) is 13.1 Å². The Balaban J connectivity index is 4.53. The maximum Gasteiger partial charge on any atom is 0.322 e. The van der Waals surface area contributed by atoms with E-state index in [1.165, 1.54) is 7.11 Å². The van der Waals surface area contributed by atoms with E-state index in [0.29, 0.717) is 0 Å². The van der Waals surface area contributed by atoms with Crippen LogP contribution in [-0.2, 0) is 29.1 Å². The summed E-state index contributed by atoms with van der Waals surface area (Å²) in [6.07, 6.45) is -0.0509. The zero-order chi connectivity index (χ0) is 13.5. The van der Waals surface area contributed by atoms with Gasteiger partial charge in [-0.1, -0.05) is 6.92 Å². The van der Waals surface area contributed by atoms with Crippen molar-refractivity contribution < 1.29 is 27.5 Å². The number of methoxy groups -OCH3 is 2.